The molecule has 15 heavy (non-hydrogen) atoms. The molecule has 1 saturated heterocycles. The predicted octanol–water partition coefficient (Wildman–Crippen LogP) is 0.00440. The summed E-state index contributed by atoms with van der Waals surface area (Å²) in [7, 11) is 2.16. The average molecular weight is 213 g/mol. The summed E-state index contributed by atoms with van der Waals surface area (Å²) < 4.78 is 0. The summed E-state index contributed by atoms with van der Waals surface area (Å²) in [5.74, 6) is 0.584. The third-order valence-electron chi connectivity index (χ3n) is 3.19. The van der Waals surface area contributed by atoms with Crippen molar-refractivity contribution in [1.29, 1.82) is 0 Å². The molecule has 0 spiro atoms. The van der Waals surface area contributed by atoms with E-state index >= 15 is 0 Å². The van der Waals surface area contributed by atoms with Gasteiger partial charge in [-0.2, -0.15) is 0 Å². The number of hydrogen-bond acceptors (Lipinski definition) is 3. The predicted molar refractivity (Wildman–Crippen MR) is 61.8 cm³/mol. The van der Waals surface area contributed by atoms with Gasteiger partial charge in [-0.05, 0) is 13.0 Å². The fourth-order valence-corrected chi connectivity index (χ4v) is 2.11. The Hall–Kier alpha value is -0.610. The molecule has 0 saturated carbocycles. The van der Waals surface area contributed by atoms with Crippen LogP contribution in [0.3, 0.4) is 0 Å². The Morgan fingerprint density at radius 1 is 1.27 bits per heavy atom. The fraction of sp³-hybridized carbons (Fsp3) is 0.909. The lowest BCUT2D eigenvalue weighted by Crippen LogP contribution is -2.53. The standard InChI is InChI=1S/C11H23N3O/c1-10(2)11(8-12-9-15)14-6-4-13(3)5-7-14/h9-11H,4-8H2,1-3H3,(H,12,15). The minimum atomic E-state index is 0.476. The maximum Gasteiger partial charge on any atom is 0.207 e. The third kappa shape index (κ3) is 3.80. The van der Waals surface area contributed by atoms with Gasteiger partial charge in [0.25, 0.3) is 0 Å². The first-order valence-corrected chi connectivity index (χ1v) is 5.74. The summed E-state index contributed by atoms with van der Waals surface area (Å²) >= 11 is 0. The zero-order valence-electron chi connectivity index (χ0n) is 10.1. The largest absolute Gasteiger partial charge is 0.357 e. The lowest BCUT2D eigenvalue weighted by molar-refractivity contribution is -0.109. The molecule has 4 nitrogen and oxygen atoms in total. The Bertz CT molecular complexity index is 188. The summed E-state index contributed by atoms with van der Waals surface area (Å²) in [6, 6.07) is 0.476. The maximum absolute atomic E-state index is 10.3. The van der Waals surface area contributed by atoms with Crippen LogP contribution in [-0.4, -0.2) is 62.0 Å². The highest BCUT2D eigenvalue weighted by Gasteiger charge is 2.24. The van der Waals surface area contributed by atoms with E-state index in [9.17, 15) is 4.79 Å². The van der Waals surface area contributed by atoms with Crippen molar-refractivity contribution >= 4 is 6.41 Å². The molecule has 1 aliphatic heterocycles. The van der Waals surface area contributed by atoms with Crippen LogP contribution in [0.5, 0.6) is 0 Å². The molecule has 88 valence electrons. The number of hydrogen-bond donors (Lipinski definition) is 1. The van der Waals surface area contributed by atoms with Gasteiger partial charge >= 0.3 is 0 Å². The molecule has 1 rings (SSSR count). The quantitative estimate of drug-likeness (QED) is 0.653. The highest BCUT2D eigenvalue weighted by atomic mass is 16.1. The zero-order valence-corrected chi connectivity index (χ0v) is 10.1. The minimum absolute atomic E-state index is 0.476. The number of rotatable bonds is 5. The van der Waals surface area contributed by atoms with E-state index in [0.717, 1.165) is 39.1 Å². The third-order valence-corrected chi connectivity index (χ3v) is 3.19. The topological polar surface area (TPSA) is 35.6 Å². The van der Waals surface area contributed by atoms with Gasteiger partial charge in [0.15, 0.2) is 0 Å². The van der Waals surface area contributed by atoms with Gasteiger partial charge in [0, 0.05) is 38.8 Å². The monoisotopic (exact) mass is 213 g/mol. The van der Waals surface area contributed by atoms with Crippen LogP contribution < -0.4 is 5.32 Å². The Labute approximate surface area is 92.6 Å². The lowest BCUT2D eigenvalue weighted by atomic mass is 10.0. The first-order valence-electron chi connectivity index (χ1n) is 5.74. The highest BCUT2D eigenvalue weighted by molar-refractivity contribution is 5.45. The number of carbonyl (C=O) groups excluding carboxylic acids is 1. The minimum Gasteiger partial charge on any atom is -0.357 e. The Balaban J connectivity index is 2.44. The molecule has 1 aliphatic rings. The molecule has 0 aromatic rings. The van der Waals surface area contributed by atoms with E-state index in [4.69, 9.17) is 0 Å². The van der Waals surface area contributed by atoms with Crippen molar-refractivity contribution in [3.05, 3.63) is 0 Å². The first kappa shape index (κ1) is 12.5. The summed E-state index contributed by atoms with van der Waals surface area (Å²) in [4.78, 5) is 15.2. The molecule has 1 atom stereocenters. The van der Waals surface area contributed by atoms with E-state index in [-0.39, 0.29) is 0 Å². The van der Waals surface area contributed by atoms with E-state index in [0.29, 0.717) is 12.0 Å². The Kier molecular flexibility index (Phi) is 5.05. The number of nitrogens with one attached hydrogen (secondary N) is 1. The molecule has 1 N–H and O–H groups in total. The number of likely N-dealkylation sites (N-methyl/N-ethyl adjacent to an activating group) is 1. The molecule has 4 heteroatoms. The van der Waals surface area contributed by atoms with Crippen LogP contribution in [0.4, 0.5) is 0 Å². The normalized spacial score (nSPS) is 21.6. The van der Waals surface area contributed by atoms with Crippen molar-refractivity contribution in [1.82, 2.24) is 15.1 Å². The molecule has 0 aromatic heterocycles. The lowest BCUT2D eigenvalue weighted by Gasteiger charge is -2.39. The number of nitrogens with zero attached hydrogens (tertiary/aromatic N) is 2. The summed E-state index contributed by atoms with van der Waals surface area (Å²) in [5, 5.41) is 2.80. The maximum atomic E-state index is 10.3. The van der Waals surface area contributed by atoms with Gasteiger partial charge in [0.1, 0.15) is 0 Å². The van der Waals surface area contributed by atoms with E-state index in [1.54, 1.807) is 0 Å². The van der Waals surface area contributed by atoms with Crippen molar-refractivity contribution < 1.29 is 4.79 Å². The summed E-state index contributed by atoms with van der Waals surface area (Å²) in [6.07, 6.45) is 0.797. The first-order chi connectivity index (χ1) is 7.15. The second-order valence-electron chi connectivity index (χ2n) is 4.68. The molecular formula is C11H23N3O. The molecular weight excluding hydrogens is 190 g/mol. The zero-order chi connectivity index (χ0) is 11.3. The summed E-state index contributed by atoms with van der Waals surface area (Å²) in [6.45, 7) is 9.68. The van der Waals surface area contributed by atoms with Gasteiger partial charge in [-0.1, -0.05) is 13.8 Å². The molecule has 0 aromatic carbocycles. The van der Waals surface area contributed by atoms with Crippen LogP contribution in [0.15, 0.2) is 0 Å². The van der Waals surface area contributed by atoms with E-state index < -0.39 is 0 Å². The average Bonchev–Trinajstić information content (AvgIpc) is 2.21. The second-order valence-corrected chi connectivity index (χ2v) is 4.68. The Morgan fingerprint density at radius 3 is 2.33 bits per heavy atom. The fourth-order valence-electron chi connectivity index (χ4n) is 2.11. The number of piperazine rings is 1. The molecule has 1 heterocycles. The van der Waals surface area contributed by atoms with Crippen molar-refractivity contribution in [2.75, 3.05) is 39.8 Å². The SMILES string of the molecule is CC(C)C(CNC=O)N1CCN(C)CC1. The van der Waals surface area contributed by atoms with Crippen LogP contribution in [0.1, 0.15) is 13.8 Å². The van der Waals surface area contributed by atoms with E-state index in [2.05, 4.69) is 36.0 Å². The van der Waals surface area contributed by atoms with Gasteiger partial charge < -0.3 is 10.2 Å². The number of amides is 1. The molecule has 0 bridgehead atoms. The molecule has 1 fully saturated rings. The van der Waals surface area contributed by atoms with Crippen molar-refractivity contribution in [2.24, 2.45) is 5.92 Å². The van der Waals surface area contributed by atoms with E-state index in [1.165, 1.54) is 0 Å². The van der Waals surface area contributed by atoms with Gasteiger partial charge in [0.2, 0.25) is 6.41 Å². The molecule has 1 unspecified atom stereocenters. The van der Waals surface area contributed by atoms with Gasteiger partial charge in [-0.3, -0.25) is 9.69 Å². The highest BCUT2D eigenvalue weighted by Crippen LogP contribution is 2.12. The van der Waals surface area contributed by atoms with Gasteiger partial charge in [0.05, 0.1) is 0 Å². The van der Waals surface area contributed by atoms with Crippen molar-refractivity contribution in [3.63, 3.8) is 0 Å². The van der Waals surface area contributed by atoms with Crippen LogP contribution in [-0.2, 0) is 4.79 Å². The molecule has 1 amide bonds. The van der Waals surface area contributed by atoms with Gasteiger partial charge in [-0.25, -0.2) is 0 Å². The van der Waals surface area contributed by atoms with E-state index in [1.807, 2.05) is 0 Å². The van der Waals surface area contributed by atoms with Crippen molar-refractivity contribution in [2.45, 2.75) is 19.9 Å². The van der Waals surface area contributed by atoms with Crippen LogP contribution in [0.25, 0.3) is 0 Å². The summed E-state index contributed by atoms with van der Waals surface area (Å²) in [5.41, 5.74) is 0. The number of carbonyl (C=O) groups is 1. The Morgan fingerprint density at radius 2 is 1.87 bits per heavy atom. The van der Waals surface area contributed by atoms with Crippen LogP contribution >= 0.6 is 0 Å². The molecule has 0 radical (unpaired) electrons. The smallest absolute Gasteiger partial charge is 0.207 e. The second kappa shape index (κ2) is 6.08. The van der Waals surface area contributed by atoms with Crippen LogP contribution in [0, 0.1) is 5.92 Å². The van der Waals surface area contributed by atoms with Crippen molar-refractivity contribution in [3.8, 4) is 0 Å². The molecule has 0 aliphatic carbocycles. The van der Waals surface area contributed by atoms with Crippen LogP contribution in [0.2, 0.25) is 0 Å². The van der Waals surface area contributed by atoms with Gasteiger partial charge in [-0.15, -0.1) is 0 Å².